The fraction of sp³-hybridized carbons (Fsp3) is 0.467. The van der Waals surface area contributed by atoms with Crippen molar-refractivity contribution in [1.82, 2.24) is 19.3 Å². The SMILES string of the molecule is CC1CC(NS(=O)(=O)c2cccc(NCc3nccn3C)n2)C1. The first kappa shape index (κ1) is 15.9. The van der Waals surface area contributed by atoms with Gasteiger partial charge in [-0.3, -0.25) is 0 Å². The normalized spacial score (nSPS) is 21.0. The number of sulfonamides is 1. The van der Waals surface area contributed by atoms with Gasteiger partial charge in [-0.25, -0.2) is 23.1 Å². The maximum absolute atomic E-state index is 12.4. The molecule has 0 amide bonds. The second-order valence-electron chi connectivity index (χ2n) is 6.06. The average Bonchev–Trinajstić information content (AvgIpc) is 2.89. The Kier molecular flexibility index (Phi) is 4.36. The number of pyridine rings is 1. The predicted molar refractivity (Wildman–Crippen MR) is 87.3 cm³/mol. The third kappa shape index (κ3) is 3.70. The summed E-state index contributed by atoms with van der Waals surface area (Å²) in [6.45, 7) is 2.60. The molecule has 0 bridgehead atoms. The van der Waals surface area contributed by atoms with E-state index in [9.17, 15) is 8.42 Å². The molecule has 7 nitrogen and oxygen atoms in total. The number of aromatic nitrogens is 3. The number of hydrogen-bond acceptors (Lipinski definition) is 5. The fourth-order valence-electron chi connectivity index (χ4n) is 2.68. The molecule has 1 aliphatic carbocycles. The van der Waals surface area contributed by atoms with Crippen molar-refractivity contribution in [2.75, 3.05) is 5.32 Å². The van der Waals surface area contributed by atoms with Crippen LogP contribution in [-0.4, -0.2) is 29.0 Å². The summed E-state index contributed by atoms with van der Waals surface area (Å²) in [5, 5.41) is 3.15. The van der Waals surface area contributed by atoms with Gasteiger partial charge in [0, 0.05) is 25.5 Å². The van der Waals surface area contributed by atoms with Gasteiger partial charge in [-0.1, -0.05) is 13.0 Å². The second kappa shape index (κ2) is 6.29. The molecule has 124 valence electrons. The van der Waals surface area contributed by atoms with Gasteiger partial charge in [0.05, 0.1) is 6.54 Å². The van der Waals surface area contributed by atoms with Crippen LogP contribution in [0.25, 0.3) is 0 Å². The molecular weight excluding hydrogens is 314 g/mol. The number of anilines is 1. The lowest BCUT2D eigenvalue weighted by Crippen LogP contribution is -2.43. The van der Waals surface area contributed by atoms with Crippen LogP contribution in [0.2, 0.25) is 0 Å². The lowest BCUT2D eigenvalue weighted by atomic mass is 9.83. The Morgan fingerprint density at radius 3 is 2.78 bits per heavy atom. The highest BCUT2D eigenvalue weighted by molar-refractivity contribution is 7.89. The number of rotatable bonds is 6. The number of nitrogens with one attached hydrogen (secondary N) is 2. The second-order valence-corrected chi connectivity index (χ2v) is 7.72. The van der Waals surface area contributed by atoms with Crippen molar-refractivity contribution < 1.29 is 8.42 Å². The van der Waals surface area contributed by atoms with E-state index < -0.39 is 10.0 Å². The van der Waals surface area contributed by atoms with E-state index in [1.165, 1.54) is 6.07 Å². The molecule has 2 aromatic heterocycles. The molecule has 1 fully saturated rings. The Morgan fingerprint density at radius 1 is 1.35 bits per heavy atom. The monoisotopic (exact) mass is 335 g/mol. The minimum absolute atomic E-state index is 0.0287. The molecule has 0 aliphatic heterocycles. The van der Waals surface area contributed by atoms with E-state index in [-0.39, 0.29) is 11.1 Å². The number of aryl methyl sites for hydroxylation is 1. The molecule has 2 aromatic rings. The zero-order valence-corrected chi connectivity index (χ0v) is 14.0. The Hall–Kier alpha value is -1.93. The van der Waals surface area contributed by atoms with Crippen LogP contribution in [0.4, 0.5) is 5.82 Å². The minimum atomic E-state index is -3.57. The maximum atomic E-state index is 12.4. The molecule has 0 saturated heterocycles. The first-order chi connectivity index (χ1) is 10.9. The van der Waals surface area contributed by atoms with E-state index in [2.05, 4.69) is 26.9 Å². The lowest BCUT2D eigenvalue weighted by Gasteiger charge is -2.32. The Balaban J connectivity index is 1.68. The zero-order valence-electron chi connectivity index (χ0n) is 13.2. The first-order valence-corrected chi connectivity index (χ1v) is 9.12. The minimum Gasteiger partial charge on any atom is -0.363 e. The van der Waals surface area contributed by atoms with Gasteiger partial charge in [-0.15, -0.1) is 0 Å². The summed E-state index contributed by atoms with van der Waals surface area (Å²) in [5.41, 5.74) is 0. The number of hydrogen-bond donors (Lipinski definition) is 2. The van der Waals surface area contributed by atoms with Gasteiger partial charge in [-0.05, 0) is 30.9 Å². The van der Waals surface area contributed by atoms with Crippen molar-refractivity contribution in [2.45, 2.75) is 37.4 Å². The fourth-order valence-corrected chi connectivity index (χ4v) is 3.91. The summed E-state index contributed by atoms with van der Waals surface area (Å²) < 4.78 is 29.3. The van der Waals surface area contributed by atoms with Crippen LogP contribution in [0.5, 0.6) is 0 Å². The third-order valence-corrected chi connectivity index (χ3v) is 5.46. The van der Waals surface area contributed by atoms with Crippen LogP contribution in [0, 0.1) is 5.92 Å². The zero-order chi connectivity index (χ0) is 16.4. The van der Waals surface area contributed by atoms with Crippen LogP contribution in [-0.2, 0) is 23.6 Å². The van der Waals surface area contributed by atoms with Crippen molar-refractivity contribution in [3.63, 3.8) is 0 Å². The van der Waals surface area contributed by atoms with Crippen molar-refractivity contribution >= 4 is 15.8 Å². The van der Waals surface area contributed by atoms with Gasteiger partial charge in [0.25, 0.3) is 10.0 Å². The van der Waals surface area contributed by atoms with Crippen LogP contribution >= 0.6 is 0 Å². The highest BCUT2D eigenvalue weighted by Gasteiger charge is 2.30. The summed E-state index contributed by atoms with van der Waals surface area (Å²) in [5.74, 6) is 1.95. The van der Waals surface area contributed by atoms with Crippen LogP contribution in [0.1, 0.15) is 25.6 Å². The van der Waals surface area contributed by atoms with Crippen LogP contribution in [0.15, 0.2) is 35.6 Å². The van der Waals surface area contributed by atoms with Crippen molar-refractivity contribution in [2.24, 2.45) is 13.0 Å². The summed E-state index contributed by atoms with van der Waals surface area (Å²) in [6.07, 6.45) is 5.34. The maximum Gasteiger partial charge on any atom is 0.258 e. The smallest absolute Gasteiger partial charge is 0.258 e. The van der Waals surface area contributed by atoms with E-state index in [1.807, 2.05) is 17.8 Å². The van der Waals surface area contributed by atoms with Gasteiger partial charge in [0.15, 0.2) is 5.03 Å². The van der Waals surface area contributed by atoms with Crippen molar-refractivity contribution in [3.05, 3.63) is 36.4 Å². The number of imidazole rings is 1. The average molecular weight is 335 g/mol. The van der Waals surface area contributed by atoms with Gasteiger partial charge >= 0.3 is 0 Å². The van der Waals surface area contributed by atoms with E-state index in [1.54, 1.807) is 18.3 Å². The molecule has 3 rings (SSSR count). The Morgan fingerprint density at radius 2 is 2.13 bits per heavy atom. The van der Waals surface area contributed by atoms with Crippen molar-refractivity contribution in [3.8, 4) is 0 Å². The van der Waals surface area contributed by atoms with E-state index in [0.717, 1.165) is 18.7 Å². The molecule has 1 saturated carbocycles. The van der Waals surface area contributed by atoms with E-state index in [4.69, 9.17) is 0 Å². The molecule has 2 heterocycles. The van der Waals surface area contributed by atoms with Gasteiger partial charge in [0.1, 0.15) is 11.6 Å². The molecule has 23 heavy (non-hydrogen) atoms. The van der Waals surface area contributed by atoms with Gasteiger partial charge in [-0.2, -0.15) is 0 Å². The summed E-state index contributed by atoms with van der Waals surface area (Å²) in [7, 11) is -1.66. The molecule has 2 N–H and O–H groups in total. The highest BCUT2D eigenvalue weighted by Crippen LogP contribution is 2.27. The molecule has 0 aromatic carbocycles. The Bertz CT molecular complexity index is 781. The number of nitrogens with zero attached hydrogens (tertiary/aromatic N) is 3. The highest BCUT2D eigenvalue weighted by atomic mass is 32.2. The molecule has 0 atom stereocenters. The predicted octanol–water partition coefficient (Wildman–Crippen LogP) is 1.50. The van der Waals surface area contributed by atoms with E-state index >= 15 is 0 Å². The quantitative estimate of drug-likeness (QED) is 0.835. The van der Waals surface area contributed by atoms with E-state index in [0.29, 0.717) is 18.3 Å². The van der Waals surface area contributed by atoms with Gasteiger partial charge in [0.2, 0.25) is 0 Å². The summed E-state index contributed by atoms with van der Waals surface area (Å²) in [4.78, 5) is 8.41. The van der Waals surface area contributed by atoms with Gasteiger partial charge < -0.3 is 9.88 Å². The summed E-state index contributed by atoms with van der Waals surface area (Å²) >= 11 is 0. The van der Waals surface area contributed by atoms with Crippen LogP contribution < -0.4 is 10.0 Å². The molecule has 0 radical (unpaired) electrons. The Labute approximate surface area is 136 Å². The lowest BCUT2D eigenvalue weighted by molar-refractivity contribution is 0.270. The third-order valence-electron chi connectivity index (χ3n) is 4.04. The van der Waals surface area contributed by atoms with Crippen molar-refractivity contribution in [1.29, 1.82) is 0 Å². The standard InChI is InChI=1S/C15H21N5O2S/c1-11-8-12(9-11)19-23(21,22)15-5-3-4-13(18-15)17-10-14-16-6-7-20(14)2/h3-7,11-12,19H,8-10H2,1-2H3,(H,17,18). The molecule has 8 heteroatoms. The molecule has 0 spiro atoms. The molecular formula is C15H21N5O2S. The summed E-state index contributed by atoms with van der Waals surface area (Å²) in [6, 6.07) is 4.97. The first-order valence-electron chi connectivity index (χ1n) is 7.63. The largest absolute Gasteiger partial charge is 0.363 e. The topological polar surface area (TPSA) is 88.9 Å². The van der Waals surface area contributed by atoms with Crippen LogP contribution in [0.3, 0.4) is 0 Å². The molecule has 0 unspecified atom stereocenters. The molecule has 1 aliphatic rings.